The minimum absolute atomic E-state index is 0. The van der Waals surface area contributed by atoms with Gasteiger partial charge in [-0.2, -0.15) is 0 Å². The molecule has 0 amide bonds. The lowest BCUT2D eigenvalue weighted by molar-refractivity contribution is -0.385. The summed E-state index contributed by atoms with van der Waals surface area (Å²) in [6.07, 6.45) is 0. The quantitative estimate of drug-likeness (QED) is 0.622. The number of rotatable bonds is 6. The lowest BCUT2D eigenvalue weighted by Crippen LogP contribution is -2.39. The minimum atomic E-state index is -3.69. The molecule has 0 radical (unpaired) electrons. The van der Waals surface area contributed by atoms with E-state index in [1.807, 2.05) is 13.8 Å². The molecule has 0 saturated carbocycles. The van der Waals surface area contributed by atoms with Crippen LogP contribution in [0.3, 0.4) is 0 Å². The number of nitrogens with zero attached hydrogens (tertiary/aromatic N) is 2. The molecule has 1 aromatic rings. The Labute approximate surface area is 137 Å². The maximum Gasteiger partial charge on any atom is 0.272 e. The number of hydrogen-bond donors (Lipinski definition) is 1. The van der Waals surface area contributed by atoms with E-state index in [1.54, 1.807) is 0 Å². The highest BCUT2D eigenvalue weighted by molar-refractivity contribution is 7.89. The second kappa shape index (κ2) is 7.36. The molecule has 0 aliphatic heterocycles. The number of nitro groups is 1. The molecule has 0 spiro atoms. The molecule has 7 nitrogen and oxygen atoms in total. The second-order valence-electron chi connectivity index (χ2n) is 5.83. The number of halogens is 1. The Kier molecular flexibility index (Phi) is 6.96. The van der Waals surface area contributed by atoms with E-state index in [1.165, 1.54) is 36.5 Å². The van der Waals surface area contributed by atoms with Gasteiger partial charge in [-0.25, -0.2) is 12.7 Å². The summed E-state index contributed by atoms with van der Waals surface area (Å²) >= 11 is 0. The van der Waals surface area contributed by atoms with Gasteiger partial charge in [0, 0.05) is 25.2 Å². The first kappa shape index (κ1) is 20.8. The fourth-order valence-corrected chi connectivity index (χ4v) is 3.37. The van der Waals surface area contributed by atoms with Gasteiger partial charge in [0.1, 0.15) is 0 Å². The number of hydrogen-bond acceptors (Lipinski definition) is 5. The predicted molar refractivity (Wildman–Crippen MR) is 87.7 cm³/mol. The normalized spacial score (nSPS) is 12.1. The molecule has 1 rings (SSSR count). The molecule has 0 atom stereocenters. The Balaban J connectivity index is 0.00000441. The summed E-state index contributed by atoms with van der Waals surface area (Å²) in [5, 5.41) is 10.8. The average Bonchev–Trinajstić information content (AvgIpc) is 2.37. The van der Waals surface area contributed by atoms with E-state index in [0.717, 1.165) is 0 Å². The maximum atomic E-state index is 12.5. The van der Waals surface area contributed by atoms with E-state index in [9.17, 15) is 18.5 Å². The summed E-state index contributed by atoms with van der Waals surface area (Å²) in [5.74, 6) is 0. The molecule has 0 heterocycles. The number of nitro benzene ring substituents is 1. The predicted octanol–water partition coefficient (Wildman–Crippen LogP) is 1.93. The highest BCUT2D eigenvalue weighted by atomic mass is 35.5. The Bertz CT molecular complexity index is 647. The average molecular weight is 352 g/mol. The van der Waals surface area contributed by atoms with Gasteiger partial charge in [-0.15, -0.1) is 12.4 Å². The van der Waals surface area contributed by atoms with Crippen LogP contribution in [-0.2, 0) is 10.0 Å². The lowest BCUT2D eigenvalue weighted by Gasteiger charge is -2.28. The molecule has 126 valence electrons. The third-order valence-corrected chi connectivity index (χ3v) is 5.08. The largest absolute Gasteiger partial charge is 0.330 e. The van der Waals surface area contributed by atoms with Crippen LogP contribution in [0.4, 0.5) is 5.69 Å². The number of benzene rings is 1. The van der Waals surface area contributed by atoms with Gasteiger partial charge in [0.15, 0.2) is 0 Å². The van der Waals surface area contributed by atoms with Crippen molar-refractivity contribution in [3.63, 3.8) is 0 Å². The number of aryl methyl sites for hydroxylation is 1. The van der Waals surface area contributed by atoms with Gasteiger partial charge in [-0.1, -0.05) is 13.8 Å². The van der Waals surface area contributed by atoms with Crippen LogP contribution in [0, 0.1) is 22.5 Å². The van der Waals surface area contributed by atoms with E-state index in [0.29, 0.717) is 12.1 Å². The van der Waals surface area contributed by atoms with E-state index in [2.05, 4.69) is 0 Å². The van der Waals surface area contributed by atoms with Crippen molar-refractivity contribution in [2.75, 3.05) is 20.1 Å². The van der Waals surface area contributed by atoms with Gasteiger partial charge in [-0.3, -0.25) is 10.1 Å². The van der Waals surface area contributed by atoms with E-state index in [4.69, 9.17) is 5.73 Å². The van der Waals surface area contributed by atoms with Crippen LogP contribution in [0.2, 0.25) is 0 Å². The number of sulfonamides is 1. The molecule has 0 aromatic heterocycles. The van der Waals surface area contributed by atoms with Gasteiger partial charge in [0.2, 0.25) is 10.0 Å². The molecule has 0 aliphatic rings. The highest BCUT2D eigenvalue weighted by Crippen LogP contribution is 2.25. The van der Waals surface area contributed by atoms with Crippen LogP contribution in [0.1, 0.15) is 19.4 Å². The Morgan fingerprint density at radius 2 is 1.91 bits per heavy atom. The molecular formula is C13H22ClN3O4S. The summed E-state index contributed by atoms with van der Waals surface area (Å²) in [6, 6.07) is 3.79. The van der Waals surface area contributed by atoms with Crippen molar-refractivity contribution in [2.45, 2.75) is 25.7 Å². The Morgan fingerprint density at radius 3 is 2.32 bits per heavy atom. The Morgan fingerprint density at radius 1 is 1.36 bits per heavy atom. The summed E-state index contributed by atoms with van der Waals surface area (Å²) in [4.78, 5) is 10.3. The summed E-state index contributed by atoms with van der Waals surface area (Å²) in [7, 11) is -2.22. The van der Waals surface area contributed by atoms with Crippen molar-refractivity contribution in [1.29, 1.82) is 0 Å². The van der Waals surface area contributed by atoms with Crippen LogP contribution in [0.15, 0.2) is 23.1 Å². The standard InChI is InChI=1S/C13H21N3O4S.ClH/c1-10-7-11(5-6-12(10)16(17)18)21(19,20)15(4)9-13(2,3)8-14;/h5-7H,8-9,14H2,1-4H3;1H. The molecule has 0 unspecified atom stereocenters. The molecule has 0 fully saturated rings. The van der Waals surface area contributed by atoms with Crippen LogP contribution in [0.25, 0.3) is 0 Å². The number of nitrogens with two attached hydrogens (primary N) is 1. The van der Waals surface area contributed by atoms with Crippen LogP contribution in [0.5, 0.6) is 0 Å². The third-order valence-electron chi connectivity index (χ3n) is 3.28. The fourth-order valence-electron chi connectivity index (χ4n) is 1.93. The summed E-state index contributed by atoms with van der Waals surface area (Å²) in [5.41, 5.74) is 5.48. The van der Waals surface area contributed by atoms with Crippen LogP contribution >= 0.6 is 12.4 Å². The first-order valence-corrected chi connectivity index (χ1v) is 7.87. The van der Waals surface area contributed by atoms with Gasteiger partial charge in [0.05, 0.1) is 9.82 Å². The van der Waals surface area contributed by atoms with Gasteiger partial charge < -0.3 is 5.73 Å². The zero-order chi connectivity index (χ0) is 16.4. The zero-order valence-corrected chi connectivity index (χ0v) is 14.7. The van der Waals surface area contributed by atoms with E-state index in [-0.39, 0.29) is 34.9 Å². The molecule has 0 saturated heterocycles. The first-order chi connectivity index (χ1) is 9.51. The molecule has 0 bridgehead atoms. The lowest BCUT2D eigenvalue weighted by atomic mass is 9.94. The molecular weight excluding hydrogens is 330 g/mol. The van der Waals surface area contributed by atoms with Crippen molar-refractivity contribution < 1.29 is 13.3 Å². The fraction of sp³-hybridized carbons (Fsp3) is 0.538. The monoisotopic (exact) mass is 351 g/mol. The van der Waals surface area contributed by atoms with Crippen LogP contribution < -0.4 is 5.73 Å². The molecule has 22 heavy (non-hydrogen) atoms. The minimum Gasteiger partial charge on any atom is -0.330 e. The second-order valence-corrected chi connectivity index (χ2v) is 7.88. The summed E-state index contributed by atoms with van der Waals surface area (Å²) in [6.45, 7) is 5.88. The zero-order valence-electron chi connectivity index (χ0n) is 13.1. The van der Waals surface area contributed by atoms with Crippen molar-refractivity contribution in [3.8, 4) is 0 Å². The molecule has 9 heteroatoms. The highest BCUT2D eigenvalue weighted by Gasteiger charge is 2.28. The Hall–Kier alpha value is -1.22. The smallest absolute Gasteiger partial charge is 0.272 e. The topological polar surface area (TPSA) is 107 Å². The van der Waals surface area contributed by atoms with E-state index < -0.39 is 14.9 Å². The molecule has 0 aliphatic carbocycles. The van der Waals surface area contributed by atoms with Gasteiger partial charge in [0.25, 0.3) is 5.69 Å². The molecule has 1 aromatic carbocycles. The van der Waals surface area contributed by atoms with Gasteiger partial charge >= 0.3 is 0 Å². The van der Waals surface area contributed by atoms with Crippen molar-refractivity contribution in [3.05, 3.63) is 33.9 Å². The van der Waals surface area contributed by atoms with Crippen molar-refractivity contribution >= 4 is 28.1 Å². The third kappa shape index (κ3) is 4.64. The van der Waals surface area contributed by atoms with Crippen molar-refractivity contribution in [2.24, 2.45) is 11.1 Å². The molecule has 2 N–H and O–H groups in total. The van der Waals surface area contributed by atoms with Gasteiger partial charge in [-0.05, 0) is 31.0 Å². The van der Waals surface area contributed by atoms with Crippen molar-refractivity contribution in [1.82, 2.24) is 4.31 Å². The SMILES string of the molecule is Cc1cc(S(=O)(=O)N(C)CC(C)(C)CN)ccc1[N+](=O)[O-].Cl. The first-order valence-electron chi connectivity index (χ1n) is 6.43. The maximum absolute atomic E-state index is 12.5. The van der Waals surface area contributed by atoms with Crippen LogP contribution in [-0.4, -0.2) is 37.8 Å². The summed E-state index contributed by atoms with van der Waals surface area (Å²) < 4.78 is 26.2. The van der Waals surface area contributed by atoms with E-state index >= 15 is 0 Å².